The van der Waals surface area contributed by atoms with Crippen LogP contribution in [0.2, 0.25) is 0 Å². The number of rotatable bonds is 3. The first-order valence-corrected chi connectivity index (χ1v) is 8.98. The zero-order chi connectivity index (χ0) is 15.6. The predicted molar refractivity (Wildman–Crippen MR) is 98.3 cm³/mol. The van der Waals surface area contributed by atoms with Gasteiger partial charge in [-0.05, 0) is 36.1 Å². The molecule has 1 saturated heterocycles. The Morgan fingerprint density at radius 2 is 1.78 bits per heavy atom. The van der Waals surface area contributed by atoms with E-state index in [2.05, 4.69) is 58.1 Å². The lowest BCUT2D eigenvalue weighted by atomic mass is 10.1. The summed E-state index contributed by atoms with van der Waals surface area (Å²) < 4.78 is 1.41. The SMILES string of the molecule is Cc1c(CN2CCN(c3ccccn3)CC2)sc2ccccc12. The van der Waals surface area contributed by atoms with Crippen LogP contribution in [0.3, 0.4) is 0 Å². The van der Waals surface area contributed by atoms with Crippen LogP contribution in [-0.4, -0.2) is 36.1 Å². The molecule has 4 rings (SSSR count). The van der Waals surface area contributed by atoms with Crippen molar-refractivity contribution in [1.82, 2.24) is 9.88 Å². The Hall–Kier alpha value is -1.91. The minimum Gasteiger partial charge on any atom is -0.354 e. The van der Waals surface area contributed by atoms with Gasteiger partial charge >= 0.3 is 0 Å². The molecule has 1 fully saturated rings. The summed E-state index contributed by atoms with van der Waals surface area (Å²) >= 11 is 1.95. The van der Waals surface area contributed by atoms with Gasteiger partial charge in [0, 0.05) is 48.5 Å². The van der Waals surface area contributed by atoms with E-state index in [-0.39, 0.29) is 0 Å². The van der Waals surface area contributed by atoms with E-state index in [1.165, 1.54) is 20.5 Å². The van der Waals surface area contributed by atoms with Gasteiger partial charge in [0.15, 0.2) is 0 Å². The summed E-state index contributed by atoms with van der Waals surface area (Å²) in [5.74, 6) is 1.10. The van der Waals surface area contributed by atoms with Crippen molar-refractivity contribution in [2.24, 2.45) is 0 Å². The molecular weight excluding hydrogens is 302 g/mol. The highest BCUT2D eigenvalue weighted by atomic mass is 32.1. The van der Waals surface area contributed by atoms with Crippen molar-refractivity contribution < 1.29 is 0 Å². The molecular formula is C19H21N3S. The average Bonchev–Trinajstić information content (AvgIpc) is 2.93. The Morgan fingerprint density at radius 3 is 2.52 bits per heavy atom. The first-order chi connectivity index (χ1) is 11.3. The Kier molecular flexibility index (Phi) is 4.02. The van der Waals surface area contributed by atoms with Crippen LogP contribution in [0.15, 0.2) is 48.7 Å². The highest BCUT2D eigenvalue weighted by molar-refractivity contribution is 7.19. The number of nitrogens with zero attached hydrogens (tertiary/aromatic N) is 3. The highest BCUT2D eigenvalue weighted by Crippen LogP contribution is 2.31. The van der Waals surface area contributed by atoms with E-state index in [1.54, 1.807) is 0 Å². The summed E-state index contributed by atoms with van der Waals surface area (Å²) in [6.07, 6.45) is 1.88. The van der Waals surface area contributed by atoms with Gasteiger partial charge in [-0.1, -0.05) is 24.3 Å². The number of benzene rings is 1. The minimum atomic E-state index is 1.06. The van der Waals surface area contributed by atoms with Crippen LogP contribution in [0.1, 0.15) is 10.4 Å². The monoisotopic (exact) mass is 323 g/mol. The largest absolute Gasteiger partial charge is 0.354 e. The zero-order valence-corrected chi connectivity index (χ0v) is 14.2. The molecule has 3 aromatic rings. The summed E-state index contributed by atoms with van der Waals surface area (Å²) in [6.45, 7) is 7.65. The third-order valence-corrected chi connectivity index (χ3v) is 5.91. The number of aromatic nitrogens is 1. The molecule has 3 nitrogen and oxygen atoms in total. The molecule has 2 aromatic heterocycles. The molecule has 1 aromatic carbocycles. The molecule has 3 heterocycles. The Morgan fingerprint density at radius 1 is 1.00 bits per heavy atom. The van der Waals surface area contributed by atoms with E-state index in [9.17, 15) is 0 Å². The van der Waals surface area contributed by atoms with Crippen LogP contribution in [0.4, 0.5) is 5.82 Å². The molecule has 0 saturated carbocycles. The van der Waals surface area contributed by atoms with Crippen LogP contribution in [0.5, 0.6) is 0 Å². The second-order valence-corrected chi connectivity index (χ2v) is 7.23. The van der Waals surface area contributed by atoms with E-state index in [0.29, 0.717) is 0 Å². The van der Waals surface area contributed by atoms with Crippen LogP contribution in [-0.2, 0) is 6.54 Å². The minimum absolute atomic E-state index is 1.06. The molecule has 1 aliphatic rings. The molecule has 23 heavy (non-hydrogen) atoms. The molecule has 0 aliphatic carbocycles. The van der Waals surface area contributed by atoms with Crippen molar-refractivity contribution in [3.05, 3.63) is 59.1 Å². The molecule has 0 radical (unpaired) electrons. The zero-order valence-electron chi connectivity index (χ0n) is 13.4. The van der Waals surface area contributed by atoms with E-state index in [4.69, 9.17) is 0 Å². The molecule has 118 valence electrons. The fourth-order valence-corrected chi connectivity index (χ4v) is 4.51. The molecule has 0 atom stereocenters. The number of pyridine rings is 1. The van der Waals surface area contributed by atoms with Gasteiger partial charge in [0.05, 0.1) is 0 Å². The maximum Gasteiger partial charge on any atom is 0.128 e. The maximum atomic E-state index is 4.46. The molecule has 0 N–H and O–H groups in total. The lowest BCUT2D eigenvalue weighted by Crippen LogP contribution is -2.46. The van der Waals surface area contributed by atoms with Gasteiger partial charge in [-0.15, -0.1) is 11.3 Å². The van der Waals surface area contributed by atoms with Crippen molar-refractivity contribution in [1.29, 1.82) is 0 Å². The second kappa shape index (κ2) is 6.30. The number of fused-ring (bicyclic) bond motifs is 1. The van der Waals surface area contributed by atoms with Crippen molar-refractivity contribution in [2.45, 2.75) is 13.5 Å². The molecule has 4 heteroatoms. The average molecular weight is 323 g/mol. The maximum absolute atomic E-state index is 4.46. The quantitative estimate of drug-likeness (QED) is 0.728. The molecule has 0 spiro atoms. The fraction of sp³-hybridized carbons (Fsp3) is 0.316. The van der Waals surface area contributed by atoms with Crippen molar-refractivity contribution in [2.75, 3.05) is 31.1 Å². The van der Waals surface area contributed by atoms with Gasteiger partial charge in [-0.25, -0.2) is 4.98 Å². The second-order valence-electron chi connectivity index (χ2n) is 6.10. The summed E-state index contributed by atoms with van der Waals surface area (Å²) in [4.78, 5) is 10.9. The van der Waals surface area contributed by atoms with Gasteiger partial charge in [0.1, 0.15) is 5.82 Å². The van der Waals surface area contributed by atoms with Crippen molar-refractivity contribution in [3.8, 4) is 0 Å². The number of aryl methyl sites for hydroxylation is 1. The lowest BCUT2D eigenvalue weighted by Gasteiger charge is -2.35. The van der Waals surface area contributed by atoms with Gasteiger partial charge in [-0.3, -0.25) is 4.90 Å². The summed E-state index contributed by atoms with van der Waals surface area (Å²) in [7, 11) is 0. The van der Waals surface area contributed by atoms with Gasteiger partial charge in [0.2, 0.25) is 0 Å². The molecule has 0 unspecified atom stereocenters. The highest BCUT2D eigenvalue weighted by Gasteiger charge is 2.19. The van der Waals surface area contributed by atoms with Crippen LogP contribution < -0.4 is 4.90 Å². The number of hydrogen-bond acceptors (Lipinski definition) is 4. The van der Waals surface area contributed by atoms with Crippen molar-refractivity contribution >= 4 is 27.2 Å². The summed E-state index contributed by atoms with van der Waals surface area (Å²) in [5.41, 5.74) is 1.46. The number of anilines is 1. The number of hydrogen-bond donors (Lipinski definition) is 0. The normalized spacial score (nSPS) is 16.1. The summed E-state index contributed by atoms with van der Waals surface area (Å²) in [5, 5.41) is 1.42. The van der Waals surface area contributed by atoms with E-state index >= 15 is 0 Å². The topological polar surface area (TPSA) is 19.4 Å². The summed E-state index contributed by atoms with van der Waals surface area (Å²) in [6, 6.07) is 14.9. The Balaban J connectivity index is 1.43. The smallest absolute Gasteiger partial charge is 0.128 e. The number of thiophene rings is 1. The van der Waals surface area contributed by atoms with E-state index in [0.717, 1.165) is 38.5 Å². The third-order valence-electron chi connectivity index (χ3n) is 4.66. The van der Waals surface area contributed by atoms with E-state index < -0.39 is 0 Å². The molecule has 0 bridgehead atoms. The lowest BCUT2D eigenvalue weighted by molar-refractivity contribution is 0.251. The predicted octanol–water partition coefficient (Wildman–Crippen LogP) is 3.93. The van der Waals surface area contributed by atoms with Gasteiger partial charge in [0.25, 0.3) is 0 Å². The van der Waals surface area contributed by atoms with Crippen LogP contribution >= 0.6 is 11.3 Å². The third kappa shape index (κ3) is 2.96. The Bertz CT molecular complexity index is 789. The Labute approximate surface area is 141 Å². The fourth-order valence-electron chi connectivity index (χ4n) is 3.25. The van der Waals surface area contributed by atoms with Crippen molar-refractivity contribution in [3.63, 3.8) is 0 Å². The van der Waals surface area contributed by atoms with Gasteiger partial charge in [-0.2, -0.15) is 0 Å². The first kappa shape index (κ1) is 14.7. The molecule has 1 aliphatic heterocycles. The first-order valence-electron chi connectivity index (χ1n) is 8.16. The molecule has 0 amide bonds. The van der Waals surface area contributed by atoms with Crippen LogP contribution in [0, 0.1) is 6.92 Å². The van der Waals surface area contributed by atoms with E-state index in [1.807, 2.05) is 23.6 Å². The standard InChI is InChI=1S/C19H21N3S/c1-15-16-6-2-3-7-17(16)23-18(15)14-21-10-12-22(13-11-21)19-8-4-5-9-20-19/h2-9H,10-14H2,1H3. The van der Waals surface area contributed by atoms with Gasteiger partial charge < -0.3 is 4.90 Å². The van der Waals surface area contributed by atoms with Crippen LogP contribution in [0.25, 0.3) is 10.1 Å². The number of piperazine rings is 1.